The molecule has 15 heteroatoms. The van der Waals surface area contributed by atoms with Gasteiger partial charge in [-0.1, -0.05) is 0 Å². The van der Waals surface area contributed by atoms with Crippen molar-refractivity contribution < 1.29 is 37.3 Å². The SMILES string of the molecule is CC1CN(c2ncc3c(n2)C2(CCN(C(=O)c4ncn[nH]4)C2)COC3)CC(C)O1.O=C(O)C(F)(F)F. The minimum Gasteiger partial charge on any atom is -0.475 e. The van der Waals surface area contributed by atoms with Gasteiger partial charge in [0.15, 0.2) is 0 Å². The first-order chi connectivity index (χ1) is 17.0. The first-order valence-corrected chi connectivity index (χ1v) is 11.3. The van der Waals surface area contributed by atoms with E-state index in [1.165, 1.54) is 6.33 Å². The Morgan fingerprint density at radius 1 is 1.22 bits per heavy atom. The summed E-state index contributed by atoms with van der Waals surface area (Å²) in [5, 5.41) is 13.6. The lowest BCUT2D eigenvalue weighted by atomic mass is 9.80. The van der Waals surface area contributed by atoms with Gasteiger partial charge >= 0.3 is 12.1 Å². The van der Waals surface area contributed by atoms with E-state index in [2.05, 4.69) is 38.9 Å². The van der Waals surface area contributed by atoms with Crippen LogP contribution in [0, 0.1) is 0 Å². The summed E-state index contributed by atoms with van der Waals surface area (Å²) in [6, 6.07) is 0. The second-order valence-electron chi connectivity index (χ2n) is 9.09. The zero-order valence-corrected chi connectivity index (χ0v) is 19.7. The van der Waals surface area contributed by atoms with Crippen molar-refractivity contribution in [2.75, 3.05) is 37.7 Å². The van der Waals surface area contributed by atoms with Crippen LogP contribution in [-0.4, -0.2) is 98.2 Å². The monoisotopic (exact) mass is 513 g/mol. The number of H-pyrrole nitrogens is 1. The Hall–Kier alpha value is -3.33. The van der Waals surface area contributed by atoms with Crippen molar-refractivity contribution in [3.63, 3.8) is 0 Å². The molecule has 2 aromatic heterocycles. The van der Waals surface area contributed by atoms with Gasteiger partial charge < -0.3 is 24.4 Å². The minimum atomic E-state index is -5.08. The summed E-state index contributed by atoms with van der Waals surface area (Å²) in [4.78, 5) is 39.2. The van der Waals surface area contributed by atoms with Gasteiger partial charge in [-0.2, -0.15) is 18.3 Å². The molecule has 0 radical (unpaired) electrons. The molecule has 2 N–H and O–H groups in total. The van der Waals surface area contributed by atoms with E-state index < -0.39 is 12.1 Å². The van der Waals surface area contributed by atoms with Gasteiger partial charge in [-0.3, -0.25) is 9.89 Å². The van der Waals surface area contributed by atoms with E-state index in [1.807, 2.05) is 6.20 Å². The van der Waals surface area contributed by atoms with Crippen LogP contribution in [0.25, 0.3) is 0 Å². The number of carboxylic acids is 1. The summed E-state index contributed by atoms with van der Waals surface area (Å²) in [6.45, 7) is 7.90. The summed E-state index contributed by atoms with van der Waals surface area (Å²) in [5.41, 5.74) is 1.70. The largest absolute Gasteiger partial charge is 0.490 e. The molecule has 1 amide bonds. The number of halogens is 3. The van der Waals surface area contributed by atoms with E-state index >= 15 is 0 Å². The molecule has 12 nitrogen and oxygen atoms in total. The Balaban J connectivity index is 0.000000384. The summed E-state index contributed by atoms with van der Waals surface area (Å²) in [6.07, 6.45) is -0.785. The molecular weight excluding hydrogens is 487 g/mol. The zero-order chi connectivity index (χ0) is 26.1. The van der Waals surface area contributed by atoms with Gasteiger partial charge in [0.05, 0.1) is 36.5 Å². The molecule has 2 fully saturated rings. The molecule has 0 aliphatic carbocycles. The molecule has 1 spiro atoms. The van der Waals surface area contributed by atoms with E-state index in [-0.39, 0.29) is 29.4 Å². The predicted molar refractivity (Wildman–Crippen MR) is 116 cm³/mol. The van der Waals surface area contributed by atoms with Gasteiger partial charge in [0.25, 0.3) is 5.91 Å². The van der Waals surface area contributed by atoms with Crippen molar-refractivity contribution in [1.82, 2.24) is 30.0 Å². The Morgan fingerprint density at radius 3 is 2.53 bits per heavy atom. The highest BCUT2D eigenvalue weighted by atomic mass is 19.4. The number of aliphatic carboxylic acids is 1. The van der Waals surface area contributed by atoms with Crippen molar-refractivity contribution in [2.45, 2.75) is 50.7 Å². The van der Waals surface area contributed by atoms with Crippen molar-refractivity contribution in [1.29, 1.82) is 0 Å². The highest BCUT2D eigenvalue weighted by Gasteiger charge is 2.47. The number of fused-ring (bicyclic) bond motifs is 2. The fourth-order valence-corrected chi connectivity index (χ4v) is 4.70. The van der Waals surface area contributed by atoms with Crippen LogP contribution in [0.1, 0.15) is 42.1 Å². The van der Waals surface area contributed by atoms with Crippen LogP contribution < -0.4 is 4.90 Å². The number of hydrogen-bond donors (Lipinski definition) is 2. The molecule has 3 unspecified atom stereocenters. The smallest absolute Gasteiger partial charge is 0.475 e. The number of ether oxygens (including phenoxy) is 2. The number of anilines is 1. The number of carboxylic acid groups (broad SMARTS) is 1. The number of aromatic nitrogens is 5. The number of alkyl halides is 3. The molecule has 5 heterocycles. The number of morpholine rings is 1. The van der Waals surface area contributed by atoms with E-state index in [4.69, 9.17) is 24.4 Å². The molecule has 3 aliphatic heterocycles. The molecule has 0 saturated carbocycles. The maximum absolute atomic E-state index is 12.7. The summed E-state index contributed by atoms with van der Waals surface area (Å²) >= 11 is 0. The standard InChI is InChI=1S/C19H25N7O3.C2HF3O2/c1-12-6-26(7-13(2)29-12)18-20-5-14-8-28-10-19(15(14)23-18)3-4-25(9-19)17(27)16-21-11-22-24-16;3-2(4,5)1(6)7/h5,11-13H,3-4,6-10H2,1-2H3,(H,21,22,24);(H,6,7). The van der Waals surface area contributed by atoms with Gasteiger partial charge in [-0.25, -0.2) is 19.7 Å². The molecule has 5 rings (SSSR count). The first kappa shape index (κ1) is 25.8. The maximum atomic E-state index is 12.7. The van der Waals surface area contributed by atoms with Crippen molar-refractivity contribution in [3.05, 3.63) is 29.6 Å². The van der Waals surface area contributed by atoms with Crippen LogP contribution in [-0.2, 0) is 26.3 Å². The average molecular weight is 513 g/mol. The van der Waals surface area contributed by atoms with Crippen LogP contribution in [0.15, 0.2) is 12.5 Å². The number of carbonyl (C=O) groups excluding carboxylic acids is 1. The van der Waals surface area contributed by atoms with E-state index in [1.54, 1.807) is 4.90 Å². The van der Waals surface area contributed by atoms with Gasteiger partial charge in [0.2, 0.25) is 11.8 Å². The molecule has 36 heavy (non-hydrogen) atoms. The van der Waals surface area contributed by atoms with Crippen LogP contribution in [0.3, 0.4) is 0 Å². The third-order valence-electron chi connectivity index (χ3n) is 6.19. The Morgan fingerprint density at radius 2 is 1.92 bits per heavy atom. The summed E-state index contributed by atoms with van der Waals surface area (Å²) < 4.78 is 43.5. The summed E-state index contributed by atoms with van der Waals surface area (Å²) in [5.74, 6) is -1.91. The van der Waals surface area contributed by atoms with Crippen molar-refractivity contribution in [2.24, 2.45) is 0 Å². The summed E-state index contributed by atoms with van der Waals surface area (Å²) in [7, 11) is 0. The number of nitrogens with one attached hydrogen (secondary N) is 1. The normalized spacial score (nSPS) is 25.8. The van der Waals surface area contributed by atoms with Crippen molar-refractivity contribution in [3.8, 4) is 0 Å². The van der Waals surface area contributed by atoms with Gasteiger partial charge in [0.1, 0.15) is 6.33 Å². The number of rotatable bonds is 2. The van der Waals surface area contributed by atoms with Gasteiger partial charge in [0, 0.05) is 37.9 Å². The number of amides is 1. The molecule has 196 valence electrons. The Labute approximate surface area is 203 Å². The van der Waals surface area contributed by atoms with Crippen LogP contribution in [0.4, 0.5) is 19.1 Å². The molecule has 0 aromatic carbocycles. The van der Waals surface area contributed by atoms with Gasteiger partial charge in [-0.05, 0) is 20.3 Å². The molecule has 2 aromatic rings. The molecule has 2 saturated heterocycles. The third-order valence-corrected chi connectivity index (χ3v) is 6.19. The Kier molecular flexibility index (Phi) is 7.13. The van der Waals surface area contributed by atoms with Crippen LogP contribution in [0.5, 0.6) is 0 Å². The minimum absolute atomic E-state index is 0.136. The van der Waals surface area contributed by atoms with Crippen LogP contribution >= 0.6 is 0 Å². The van der Waals surface area contributed by atoms with Gasteiger partial charge in [-0.15, -0.1) is 0 Å². The second-order valence-corrected chi connectivity index (χ2v) is 9.09. The highest BCUT2D eigenvalue weighted by Crippen LogP contribution is 2.40. The van der Waals surface area contributed by atoms with E-state index in [9.17, 15) is 18.0 Å². The number of hydrogen-bond acceptors (Lipinski definition) is 9. The number of likely N-dealkylation sites (tertiary alicyclic amines) is 1. The topological polar surface area (TPSA) is 147 Å². The van der Waals surface area contributed by atoms with E-state index in [0.29, 0.717) is 26.3 Å². The average Bonchev–Trinajstić information content (AvgIpc) is 3.49. The fourth-order valence-electron chi connectivity index (χ4n) is 4.70. The molecule has 3 aliphatic rings. The molecule has 0 bridgehead atoms. The van der Waals surface area contributed by atoms with Crippen molar-refractivity contribution >= 4 is 17.8 Å². The Bertz CT molecular complexity index is 1090. The van der Waals surface area contributed by atoms with E-state index in [0.717, 1.165) is 36.7 Å². The zero-order valence-electron chi connectivity index (χ0n) is 19.7. The lowest BCUT2D eigenvalue weighted by molar-refractivity contribution is -0.192. The third kappa shape index (κ3) is 5.41. The number of nitrogens with zero attached hydrogens (tertiary/aromatic N) is 6. The highest BCUT2D eigenvalue weighted by molar-refractivity contribution is 5.90. The quantitative estimate of drug-likeness (QED) is 0.600. The first-order valence-electron chi connectivity index (χ1n) is 11.3. The predicted octanol–water partition coefficient (Wildman–Crippen LogP) is 1.16. The number of aromatic amines is 1. The van der Waals surface area contributed by atoms with Crippen LogP contribution in [0.2, 0.25) is 0 Å². The second kappa shape index (κ2) is 9.97. The molecule has 3 atom stereocenters. The maximum Gasteiger partial charge on any atom is 0.490 e. The fraction of sp³-hybridized carbons (Fsp3) is 0.619. The lowest BCUT2D eigenvalue weighted by Gasteiger charge is -2.38. The number of carbonyl (C=O) groups is 2. The molecular formula is C21H26F3N7O5. The lowest BCUT2D eigenvalue weighted by Crippen LogP contribution is -2.47.